The molecule has 0 heterocycles. The Hall–Kier alpha value is -0.760. The van der Waals surface area contributed by atoms with Gasteiger partial charge in [0.2, 0.25) is 5.91 Å². The van der Waals surface area contributed by atoms with E-state index in [2.05, 4.69) is 19.2 Å². The predicted molar refractivity (Wildman–Crippen MR) is 208 cm³/mol. The number of rotatable bonds is 39. The van der Waals surface area contributed by atoms with Gasteiger partial charge in [-0.1, -0.05) is 193 Å². The molecule has 3 atom stereocenters. The highest BCUT2D eigenvalue weighted by Gasteiger charge is 2.26. The van der Waals surface area contributed by atoms with Crippen LogP contribution >= 0.6 is 7.82 Å². The van der Waals surface area contributed by atoms with Crippen molar-refractivity contribution in [2.45, 2.75) is 219 Å². The molecule has 0 aromatic carbocycles. The highest BCUT2D eigenvalue weighted by molar-refractivity contribution is 7.47. The summed E-state index contributed by atoms with van der Waals surface area (Å²) in [5.41, 5.74) is 5.36. The molecular formula is C40H81N2O6P. The Morgan fingerprint density at radius 2 is 1.04 bits per heavy atom. The number of unbranched alkanes of at least 4 members (excludes halogenated alkanes) is 27. The molecule has 0 radical (unpaired) electrons. The van der Waals surface area contributed by atoms with Gasteiger partial charge in [-0.05, 0) is 19.3 Å². The molecule has 3 unspecified atom stereocenters. The highest BCUT2D eigenvalue weighted by Crippen LogP contribution is 2.43. The SMILES string of the molecule is CCCCCCCCCCCCC/C=C/C(O)C(COP(=O)(O)OCCN)NC(=O)CCCCCCCCCCCCCCCCCCC. The van der Waals surface area contributed by atoms with Crippen molar-refractivity contribution < 1.29 is 28.4 Å². The van der Waals surface area contributed by atoms with Crippen LogP contribution in [0.15, 0.2) is 12.2 Å². The number of phosphoric ester groups is 1. The monoisotopic (exact) mass is 717 g/mol. The number of aliphatic hydroxyl groups is 1. The summed E-state index contributed by atoms with van der Waals surface area (Å²) in [6.45, 7) is 4.14. The zero-order chi connectivity index (χ0) is 36.1. The molecule has 0 aliphatic carbocycles. The van der Waals surface area contributed by atoms with Gasteiger partial charge in [-0.2, -0.15) is 0 Å². The molecule has 292 valence electrons. The van der Waals surface area contributed by atoms with Crippen molar-refractivity contribution in [1.29, 1.82) is 0 Å². The standard InChI is InChI=1S/C40H81N2O6P/c1-3-5-7-9-11-13-15-17-18-19-20-22-24-26-28-30-32-34-40(44)42-38(37-48-49(45,46)47-36-35-41)39(43)33-31-29-27-25-23-21-16-14-12-10-8-6-4-2/h31,33,38-39,43H,3-30,32,34-37,41H2,1-2H3,(H,42,44)(H,45,46)/b33-31+. The average molecular weight is 717 g/mol. The molecule has 0 saturated heterocycles. The fourth-order valence-electron chi connectivity index (χ4n) is 6.19. The zero-order valence-electron chi connectivity index (χ0n) is 32.2. The number of hydrogen-bond acceptors (Lipinski definition) is 6. The van der Waals surface area contributed by atoms with Gasteiger partial charge in [0.25, 0.3) is 0 Å². The number of aliphatic hydroxyl groups excluding tert-OH is 1. The van der Waals surface area contributed by atoms with Crippen LogP contribution in [0.2, 0.25) is 0 Å². The minimum absolute atomic E-state index is 0.0812. The van der Waals surface area contributed by atoms with E-state index in [1.54, 1.807) is 6.08 Å². The van der Waals surface area contributed by atoms with Gasteiger partial charge in [-0.15, -0.1) is 0 Å². The minimum atomic E-state index is -4.33. The number of allylic oxidation sites excluding steroid dienone is 1. The molecule has 0 aromatic rings. The molecular weight excluding hydrogens is 635 g/mol. The average Bonchev–Trinajstić information content (AvgIpc) is 3.09. The van der Waals surface area contributed by atoms with Gasteiger partial charge in [-0.3, -0.25) is 13.8 Å². The molecule has 0 fully saturated rings. The number of amides is 1. The van der Waals surface area contributed by atoms with Crippen molar-refractivity contribution in [2.75, 3.05) is 19.8 Å². The predicted octanol–water partition coefficient (Wildman–Crippen LogP) is 11.2. The summed E-state index contributed by atoms with van der Waals surface area (Å²) in [5, 5.41) is 13.6. The maximum absolute atomic E-state index is 12.7. The van der Waals surface area contributed by atoms with Crippen LogP contribution in [-0.4, -0.2) is 47.8 Å². The first-order chi connectivity index (χ1) is 23.9. The molecule has 49 heavy (non-hydrogen) atoms. The van der Waals surface area contributed by atoms with E-state index in [0.717, 1.165) is 38.5 Å². The van der Waals surface area contributed by atoms with E-state index in [0.29, 0.717) is 6.42 Å². The van der Waals surface area contributed by atoms with E-state index in [1.165, 1.54) is 148 Å². The Kier molecular flexibility index (Phi) is 36.4. The summed E-state index contributed by atoms with van der Waals surface area (Å²) < 4.78 is 22.1. The maximum atomic E-state index is 12.7. The topological polar surface area (TPSA) is 131 Å². The van der Waals surface area contributed by atoms with Crippen molar-refractivity contribution in [3.63, 3.8) is 0 Å². The molecule has 0 aliphatic rings. The number of phosphoric acid groups is 1. The Bertz CT molecular complexity index is 784. The van der Waals surface area contributed by atoms with E-state index in [-0.39, 0.29) is 25.7 Å². The minimum Gasteiger partial charge on any atom is -0.387 e. The molecule has 0 aliphatic heterocycles. The van der Waals surface area contributed by atoms with Crippen molar-refractivity contribution in [2.24, 2.45) is 5.73 Å². The molecule has 0 bridgehead atoms. The Balaban J connectivity index is 4.20. The lowest BCUT2D eigenvalue weighted by Gasteiger charge is -2.23. The van der Waals surface area contributed by atoms with E-state index in [1.807, 2.05) is 6.08 Å². The Morgan fingerprint density at radius 1 is 0.653 bits per heavy atom. The third kappa shape index (κ3) is 35.4. The van der Waals surface area contributed by atoms with Gasteiger partial charge >= 0.3 is 7.82 Å². The van der Waals surface area contributed by atoms with Crippen LogP contribution in [0.25, 0.3) is 0 Å². The van der Waals surface area contributed by atoms with E-state index >= 15 is 0 Å². The largest absolute Gasteiger partial charge is 0.472 e. The van der Waals surface area contributed by atoms with Crippen LogP contribution in [0, 0.1) is 0 Å². The van der Waals surface area contributed by atoms with E-state index < -0.39 is 20.0 Å². The fourth-order valence-corrected chi connectivity index (χ4v) is 6.95. The fraction of sp³-hybridized carbons (Fsp3) is 0.925. The molecule has 1 amide bonds. The lowest BCUT2D eigenvalue weighted by atomic mass is 10.0. The van der Waals surface area contributed by atoms with Crippen molar-refractivity contribution >= 4 is 13.7 Å². The van der Waals surface area contributed by atoms with Gasteiger partial charge in [0.1, 0.15) is 0 Å². The molecule has 0 spiro atoms. The van der Waals surface area contributed by atoms with E-state index in [9.17, 15) is 19.4 Å². The number of nitrogens with two attached hydrogens (primary N) is 1. The normalized spacial score (nSPS) is 14.3. The molecule has 0 saturated carbocycles. The summed E-state index contributed by atoms with van der Waals surface area (Å²) in [5.74, 6) is -0.192. The van der Waals surface area contributed by atoms with Gasteiger partial charge in [0, 0.05) is 13.0 Å². The molecule has 5 N–H and O–H groups in total. The first kappa shape index (κ1) is 48.2. The lowest BCUT2D eigenvalue weighted by molar-refractivity contribution is -0.123. The second-order valence-electron chi connectivity index (χ2n) is 14.2. The summed E-state index contributed by atoms with van der Waals surface area (Å²) in [7, 11) is -4.33. The third-order valence-corrected chi connectivity index (χ3v) is 10.3. The van der Waals surface area contributed by atoms with Crippen LogP contribution in [-0.2, 0) is 18.4 Å². The lowest BCUT2D eigenvalue weighted by Crippen LogP contribution is -2.45. The van der Waals surface area contributed by atoms with Gasteiger partial charge in [0.15, 0.2) is 0 Å². The summed E-state index contributed by atoms with van der Waals surface area (Å²) in [6.07, 6.45) is 39.7. The number of carbonyl (C=O) groups excluding carboxylic acids is 1. The second kappa shape index (κ2) is 37.0. The van der Waals surface area contributed by atoms with Crippen molar-refractivity contribution in [3.8, 4) is 0 Å². The molecule has 8 nitrogen and oxygen atoms in total. The van der Waals surface area contributed by atoms with Crippen LogP contribution in [0.4, 0.5) is 0 Å². The van der Waals surface area contributed by atoms with Crippen molar-refractivity contribution in [1.82, 2.24) is 5.32 Å². The van der Waals surface area contributed by atoms with E-state index in [4.69, 9.17) is 14.8 Å². The number of nitrogens with one attached hydrogen (secondary N) is 1. The van der Waals surface area contributed by atoms with Gasteiger partial charge in [-0.25, -0.2) is 4.57 Å². The van der Waals surface area contributed by atoms with Crippen molar-refractivity contribution in [3.05, 3.63) is 12.2 Å². The zero-order valence-corrected chi connectivity index (χ0v) is 33.1. The quantitative estimate of drug-likeness (QED) is 0.0283. The van der Waals surface area contributed by atoms with Crippen LogP contribution in [0.5, 0.6) is 0 Å². The highest BCUT2D eigenvalue weighted by atomic mass is 31.2. The Labute approximate surface area is 303 Å². The van der Waals surface area contributed by atoms with Gasteiger partial charge in [0.05, 0.1) is 25.4 Å². The first-order valence-electron chi connectivity index (χ1n) is 20.8. The number of hydrogen-bond donors (Lipinski definition) is 4. The number of carbonyl (C=O) groups is 1. The molecule has 0 aromatic heterocycles. The van der Waals surface area contributed by atoms with Gasteiger partial charge < -0.3 is 21.1 Å². The van der Waals surface area contributed by atoms with Crippen LogP contribution in [0.3, 0.4) is 0 Å². The molecule has 0 rings (SSSR count). The Morgan fingerprint density at radius 3 is 1.45 bits per heavy atom. The summed E-state index contributed by atoms with van der Waals surface area (Å²) in [4.78, 5) is 22.6. The third-order valence-electron chi connectivity index (χ3n) is 9.36. The maximum Gasteiger partial charge on any atom is 0.472 e. The molecule has 9 heteroatoms. The van der Waals surface area contributed by atoms with Crippen LogP contribution < -0.4 is 11.1 Å². The first-order valence-corrected chi connectivity index (χ1v) is 22.3. The van der Waals surface area contributed by atoms with Crippen LogP contribution in [0.1, 0.15) is 206 Å². The smallest absolute Gasteiger partial charge is 0.387 e. The second-order valence-corrected chi connectivity index (χ2v) is 15.7. The summed E-state index contributed by atoms with van der Waals surface area (Å²) >= 11 is 0. The summed E-state index contributed by atoms with van der Waals surface area (Å²) in [6, 6.07) is -0.853.